The Labute approximate surface area is 164 Å². The van der Waals surface area contributed by atoms with Crippen LogP contribution in [0.3, 0.4) is 0 Å². The first kappa shape index (κ1) is 18.8. The minimum atomic E-state index is -0.546. The Morgan fingerprint density at radius 1 is 0.963 bits per heavy atom. The Bertz CT molecular complexity index is 911. The van der Waals surface area contributed by atoms with Gasteiger partial charge in [-0.15, -0.1) is 0 Å². The molecule has 0 saturated heterocycles. The molecule has 5 heteroatoms. The van der Waals surface area contributed by atoms with E-state index in [1.165, 1.54) is 0 Å². The van der Waals surface area contributed by atoms with Gasteiger partial charge in [0.1, 0.15) is 11.8 Å². The first-order chi connectivity index (χ1) is 13.1. The predicted molar refractivity (Wildman–Crippen MR) is 111 cm³/mol. The van der Waals surface area contributed by atoms with Crippen LogP contribution in [-0.2, 0) is 4.79 Å². The van der Waals surface area contributed by atoms with Crippen LogP contribution in [0.15, 0.2) is 72.8 Å². The maximum absolute atomic E-state index is 13.0. The number of hydrogen-bond donors (Lipinski definition) is 2. The van der Waals surface area contributed by atoms with Crippen molar-refractivity contribution in [1.29, 1.82) is 0 Å². The van der Waals surface area contributed by atoms with Crippen LogP contribution in [-0.4, -0.2) is 13.0 Å². The summed E-state index contributed by atoms with van der Waals surface area (Å²) in [5.41, 5.74) is 3.51. The number of aryl methyl sites for hydroxylation is 1. The third-order valence-corrected chi connectivity index (χ3v) is 4.47. The van der Waals surface area contributed by atoms with Crippen molar-refractivity contribution < 1.29 is 9.53 Å². The van der Waals surface area contributed by atoms with Gasteiger partial charge in [0.05, 0.1) is 12.1 Å². The maximum atomic E-state index is 13.0. The Balaban J connectivity index is 1.84. The molecule has 0 aliphatic carbocycles. The highest BCUT2D eigenvalue weighted by Crippen LogP contribution is 2.28. The van der Waals surface area contributed by atoms with Crippen molar-refractivity contribution in [3.8, 4) is 5.75 Å². The molecular formula is C22H21ClN2O2. The molecule has 2 N–H and O–H groups in total. The number of anilines is 2. The maximum Gasteiger partial charge on any atom is 0.251 e. The smallest absolute Gasteiger partial charge is 0.251 e. The average Bonchev–Trinajstić information content (AvgIpc) is 2.68. The number of rotatable bonds is 6. The van der Waals surface area contributed by atoms with Gasteiger partial charge in [-0.1, -0.05) is 59.6 Å². The second-order valence-electron chi connectivity index (χ2n) is 6.19. The Morgan fingerprint density at radius 3 is 2.26 bits per heavy atom. The van der Waals surface area contributed by atoms with Crippen LogP contribution in [0.25, 0.3) is 0 Å². The summed E-state index contributed by atoms with van der Waals surface area (Å²) >= 11 is 6.16. The molecule has 3 aromatic carbocycles. The SMILES string of the molecule is COc1ccc(NC(=O)C(Nc2ccc(C)cc2)c2ccccc2)cc1Cl. The van der Waals surface area contributed by atoms with Gasteiger partial charge in [0, 0.05) is 11.4 Å². The molecule has 1 unspecified atom stereocenters. The van der Waals surface area contributed by atoms with Gasteiger partial charge < -0.3 is 15.4 Å². The molecule has 0 aromatic heterocycles. The second-order valence-corrected chi connectivity index (χ2v) is 6.60. The van der Waals surface area contributed by atoms with Crippen molar-refractivity contribution in [2.45, 2.75) is 13.0 Å². The van der Waals surface area contributed by atoms with E-state index in [-0.39, 0.29) is 5.91 Å². The van der Waals surface area contributed by atoms with Crippen molar-refractivity contribution in [3.63, 3.8) is 0 Å². The van der Waals surface area contributed by atoms with E-state index in [9.17, 15) is 4.79 Å². The molecule has 0 bridgehead atoms. The van der Waals surface area contributed by atoms with Gasteiger partial charge >= 0.3 is 0 Å². The first-order valence-electron chi connectivity index (χ1n) is 8.59. The summed E-state index contributed by atoms with van der Waals surface area (Å²) in [5, 5.41) is 6.68. The zero-order valence-corrected chi connectivity index (χ0v) is 16.0. The summed E-state index contributed by atoms with van der Waals surface area (Å²) in [4.78, 5) is 13.0. The van der Waals surface area contributed by atoms with Crippen LogP contribution in [0.5, 0.6) is 5.75 Å². The first-order valence-corrected chi connectivity index (χ1v) is 8.97. The van der Waals surface area contributed by atoms with Crippen molar-refractivity contribution in [2.24, 2.45) is 0 Å². The topological polar surface area (TPSA) is 50.4 Å². The third-order valence-electron chi connectivity index (χ3n) is 4.18. The van der Waals surface area contributed by atoms with E-state index in [4.69, 9.17) is 16.3 Å². The standard InChI is InChI=1S/C22H21ClN2O2/c1-15-8-10-17(11-9-15)24-21(16-6-4-3-5-7-16)22(26)25-18-12-13-20(27-2)19(23)14-18/h3-14,21,24H,1-2H3,(H,25,26). The molecule has 1 atom stereocenters. The van der Waals surface area contributed by atoms with E-state index in [1.54, 1.807) is 25.3 Å². The molecule has 0 spiro atoms. The van der Waals surface area contributed by atoms with E-state index in [0.29, 0.717) is 16.5 Å². The fourth-order valence-electron chi connectivity index (χ4n) is 2.72. The van der Waals surface area contributed by atoms with Crippen LogP contribution in [0, 0.1) is 6.92 Å². The number of nitrogens with one attached hydrogen (secondary N) is 2. The normalized spacial score (nSPS) is 11.5. The number of hydrogen-bond acceptors (Lipinski definition) is 3. The van der Waals surface area contributed by atoms with Crippen LogP contribution in [0.1, 0.15) is 17.2 Å². The second kappa shape index (κ2) is 8.60. The molecule has 4 nitrogen and oxygen atoms in total. The zero-order chi connectivity index (χ0) is 19.2. The highest BCUT2D eigenvalue weighted by molar-refractivity contribution is 6.32. The van der Waals surface area contributed by atoms with Gasteiger partial charge in [0.25, 0.3) is 5.91 Å². The quantitative estimate of drug-likeness (QED) is 0.597. The van der Waals surface area contributed by atoms with Crippen molar-refractivity contribution in [1.82, 2.24) is 0 Å². The minimum absolute atomic E-state index is 0.178. The predicted octanol–water partition coefficient (Wildman–Crippen LogP) is 5.45. The zero-order valence-electron chi connectivity index (χ0n) is 15.2. The summed E-state index contributed by atoms with van der Waals surface area (Å²) in [6.07, 6.45) is 0. The fourth-order valence-corrected chi connectivity index (χ4v) is 2.98. The molecule has 138 valence electrons. The number of carbonyl (C=O) groups excluding carboxylic acids is 1. The Morgan fingerprint density at radius 2 is 1.63 bits per heavy atom. The summed E-state index contributed by atoms with van der Waals surface area (Å²) < 4.78 is 5.15. The van der Waals surface area contributed by atoms with Crippen LogP contribution >= 0.6 is 11.6 Å². The van der Waals surface area contributed by atoms with E-state index >= 15 is 0 Å². The van der Waals surface area contributed by atoms with Crippen molar-refractivity contribution >= 4 is 28.9 Å². The van der Waals surface area contributed by atoms with Gasteiger partial charge in [-0.05, 0) is 42.8 Å². The summed E-state index contributed by atoms with van der Waals surface area (Å²) in [7, 11) is 1.55. The minimum Gasteiger partial charge on any atom is -0.495 e. The fraction of sp³-hybridized carbons (Fsp3) is 0.136. The molecule has 0 fully saturated rings. The number of ether oxygens (including phenoxy) is 1. The van der Waals surface area contributed by atoms with Crippen LogP contribution < -0.4 is 15.4 Å². The molecule has 3 aromatic rings. The lowest BCUT2D eigenvalue weighted by Crippen LogP contribution is -2.27. The lowest BCUT2D eigenvalue weighted by atomic mass is 10.1. The molecule has 0 radical (unpaired) electrons. The molecule has 0 aliphatic heterocycles. The van der Waals surface area contributed by atoms with Crippen LogP contribution in [0.4, 0.5) is 11.4 Å². The molecule has 0 aliphatic rings. The van der Waals surface area contributed by atoms with E-state index in [1.807, 2.05) is 61.5 Å². The third kappa shape index (κ3) is 4.80. The molecular weight excluding hydrogens is 360 g/mol. The number of methoxy groups -OCH3 is 1. The monoisotopic (exact) mass is 380 g/mol. The van der Waals surface area contributed by atoms with Gasteiger partial charge in [0.15, 0.2) is 0 Å². The van der Waals surface area contributed by atoms with Gasteiger partial charge in [-0.2, -0.15) is 0 Å². The van der Waals surface area contributed by atoms with E-state index < -0.39 is 6.04 Å². The van der Waals surface area contributed by atoms with Gasteiger partial charge in [0.2, 0.25) is 0 Å². The Kier molecular flexibility index (Phi) is 5.99. The van der Waals surface area contributed by atoms with Crippen molar-refractivity contribution in [3.05, 3.63) is 88.9 Å². The highest BCUT2D eigenvalue weighted by atomic mass is 35.5. The number of carbonyl (C=O) groups is 1. The number of halogens is 1. The number of benzene rings is 3. The molecule has 27 heavy (non-hydrogen) atoms. The molecule has 0 heterocycles. The van der Waals surface area contributed by atoms with Gasteiger partial charge in [-0.3, -0.25) is 4.79 Å². The molecule has 3 rings (SSSR count). The summed E-state index contributed by atoms with van der Waals surface area (Å²) in [5.74, 6) is 0.384. The average molecular weight is 381 g/mol. The van der Waals surface area contributed by atoms with Crippen LogP contribution in [0.2, 0.25) is 5.02 Å². The molecule has 0 saturated carbocycles. The Hall–Kier alpha value is -2.98. The van der Waals surface area contributed by atoms with Crippen molar-refractivity contribution in [2.75, 3.05) is 17.7 Å². The highest BCUT2D eigenvalue weighted by Gasteiger charge is 2.21. The van der Waals surface area contributed by atoms with Gasteiger partial charge in [-0.25, -0.2) is 0 Å². The van der Waals surface area contributed by atoms with E-state index in [2.05, 4.69) is 10.6 Å². The molecule has 1 amide bonds. The lowest BCUT2D eigenvalue weighted by Gasteiger charge is -2.20. The largest absolute Gasteiger partial charge is 0.495 e. The van der Waals surface area contributed by atoms with E-state index in [0.717, 1.165) is 16.8 Å². The summed E-state index contributed by atoms with van der Waals surface area (Å²) in [6, 6.07) is 22.1. The summed E-state index contributed by atoms with van der Waals surface area (Å²) in [6.45, 7) is 2.03. The lowest BCUT2D eigenvalue weighted by molar-refractivity contribution is -0.117. The number of amides is 1.